The third-order valence-electron chi connectivity index (χ3n) is 2.08. The summed E-state index contributed by atoms with van der Waals surface area (Å²) in [6.45, 7) is 7.19. The number of rotatable bonds is 7. The fraction of sp³-hybridized carbons (Fsp3) is 0.889. The van der Waals surface area contributed by atoms with Gasteiger partial charge in [0.15, 0.2) is 0 Å². The van der Waals surface area contributed by atoms with Crippen molar-refractivity contribution < 1.29 is 9.90 Å². The van der Waals surface area contributed by atoms with Crippen molar-refractivity contribution in [2.45, 2.75) is 13.8 Å². The molecule has 1 atom stereocenters. The van der Waals surface area contributed by atoms with E-state index in [0.717, 1.165) is 19.6 Å². The molecule has 4 nitrogen and oxygen atoms in total. The maximum Gasteiger partial charge on any atom is 0.307 e. The van der Waals surface area contributed by atoms with Crippen LogP contribution in [0.25, 0.3) is 0 Å². The third-order valence-corrected chi connectivity index (χ3v) is 2.08. The van der Waals surface area contributed by atoms with E-state index in [1.807, 2.05) is 7.05 Å². The van der Waals surface area contributed by atoms with E-state index in [0.29, 0.717) is 6.54 Å². The topological polar surface area (TPSA) is 52.6 Å². The highest BCUT2D eigenvalue weighted by Crippen LogP contribution is 1.90. The standard InChI is InChI=1S/C9H20N2O2/c1-4-11(3)6-5-10-7-8(2)9(12)13/h8,10H,4-7H2,1-3H3,(H,12,13). The van der Waals surface area contributed by atoms with Gasteiger partial charge in [-0.05, 0) is 13.6 Å². The molecule has 0 spiro atoms. The van der Waals surface area contributed by atoms with Gasteiger partial charge in [0.05, 0.1) is 5.92 Å². The summed E-state index contributed by atoms with van der Waals surface area (Å²) in [4.78, 5) is 12.6. The molecule has 0 aliphatic carbocycles. The van der Waals surface area contributed by atoms with Crippen LogP contribution in [0, 0.1) is 5.92 Å². The normalized spacial score (nSPS) is 13.2. The van der Waals surface area contributed by atoms with Crippen molar-refractivity contribution in [2.75, 3.05) is 33.2 Å². The number of hydrogen-bond acceptors (Lipinski definition) is 3. The minimum Gasteiger partial charge on any atom is -0.481 e. The van der Waals surface area contributed by atoms with E-state index < -0.39 is 5.97 Å². The van der Waals surface area contributed by atoms with Gasteiger partial charge in [0.1, 0.15) is 0 Å². The van der Waals surface area contributed by atoms with Gasteiger partial charge in [-0.1, -0.05) is 13.8 Å². The Labute approximate surface area is 79.9 Å². The Kier molecular flexibility index (Phi) is 6.54. The monoisotopic (exact) mass is 188 g/mol. The van der Waals surface area contributed by atoms with Crippen LogP contribution in [-0.4, -0.2) is 49.2 Å². The summed E-state index contributed by atoms with van der Waals surface area (Å²) in [5, 5.41) is 11.7. The maximum absolute atomic E-state index is 10.4. The average molecular weight is 188 g/mol. The van der Waals surface area contributed by atoms with Crippen molar-refractivity contribution >= 4 is 5.97 Å². The zero-order valence-electron chi connectivity index (χ0n) is 8.71. The number of likely N-dealkylation sites (N-methyl/N-ethyl adjacent to an activating group) is 1. The SMILES string of the molecule is CCN(C)CCNCC(C)C(=O)O. The molecule has 0 aromatic carbocycles. The molecule has 0 aromatic heterocycles. The molecule has 1 unspecified atom stereocenters. The average Bonchev–Trinajstić information content (AvgIpc) is 2.11. The lowest BCUT2D eigenvalue weighted by Crippen LogP contribution is -2.33. The molecule has 0 rings (SSSR count). The number of nitrogens with one attached hydrogen (secondary N) is 1. The summed E-state index contributed by atoms with van der Waals surface area (Å²) in [6, 6.07) is 0. The number of carbonyl (C=O) groups is 1. The van der Waals surface area contributed by atoms with Gasteiger partial charge in [-0.3, -0.25) is 4.79 Å². The molecule has 0 amide bonds. The molecule has 0 aromatic rings. The maximum atomic E-state index is 10.4. The summed E-state index contributed by atoms with van der Waals surface area (Å²) >= 11 is 0. The van der Waals surface area contributed by atoms with Gasteiger partial charge in [0.2, 0.25) is 0 Å². The molecule has 0 saturated heterocycles. The minimum absolute atomic E-state index is 0.299. The second-order valence-corrected chi connectivity index (χ2v) is 3.34. The second kappa shape index (κ2) is 6.86. The predicted molar refractivity (Wildman–Crippen MR) is 52.8 cm³/mol. The number of nitrogens with zero attached hydrogens (tertiary/aromatic N) is 1. The van der Waals surface area contributed by atoms with Crippen molar-refractivity contribution in [3.63, 3.8) is 0 Å². The Bertz CT molecular complexity index is 151. The molecular weight excluding hydrogens is 168 g/mol. The van der Waals surface area contributed by atoms with Gasteiger partial charge >= 0.3 is 5.97 Å². The number of hydrogen-bond donors (Lipinski definition) is 2. The number of carboxylic acid groups (broad SMARTS) is 1. The van der Waals surface area contributed by atoms with Crippen molar-refractivity contribution in [3.05, 3.63) is 0 Å². The molecule has 0 aliphatic heterocycles. The van der Waals surface area contributed by atoms with Crippen LogP contribution in [-0.2, 0) is 4.79 Å². The molecule has 0 saturated carbocycles. The van der Waals surface area contributed by atoms with Crippen LogP contribution in [0.1, 0.15) is 13.8 Å². The number of carboxylic acids is 1. The van der Waals surface area contributed by atoms with Crippen molar-refractivity contribution in [3.8, 4) is 0 Å². The summed E-state index contributed by atoms with van der Waals surface area (Å²) in [6.07, 6.45) is 0. The van der Waals surface area contributed by atoms with Crippen LogP contribution < -0.4 is 5.32 Å². The van der Waals surface area contributed by atoms with Crippen LogP contribution in [0.5, 0.6) is 0 Å². The first kappa shape index (κ1) is 12.4. The number of aliphatic carboxylic acids is 1. The molecule has 2 N–H and O–H groups in total. The van der Waals surface area contributed by atoms with Gasteiger partial charge in [-0.15, -0.1) is 0 Å². The lowest BCUT2D eigenvalue weighted by molar-refractivity contribution is -0.140. The molecule has 0 bridgehead atoms. The molecule has 0 fully saturated rings. The fourth-order valence-electron chi connectivity index (χ4n) is 0.834. The van der Waals surface area contributed by atoms with Gasteiger partial charge in [0.25, 0.3) is 0 Å². The van der Waals surface area contributed by atoms with Gasteiger partial charge in [-0.2, -0.15) is 0 Å². The van der Waals surface area contributed by atoms with E-state index in [4.69, 9.17) is 5.11 Å². The Hall–Kier alpha value is -0.610. The largest absolute Gasteiger partial charge is 0.481 e. The quantitative estimate of drug-likeness (QED) is 0.562. The van der Waals surface area contributed by atoms with Crippen LogP contribution >= 0.6 is 0 Å². The van der Waals surface area contributed by atoms with E-state index in [9.17, 15) is 4.79 Å². The van der Waals surface area contributed by atoms with Gasteiger partial charge in [-0.25, -0.2) is 0 Å². The second-order valence-electron chi connectivity index (χ2n) is 3.34. The molecule has 0 radical (unpaired) electrons. The lowest BCUT2D eigenvalue weighted by atomic mass is 10.2. The van der Waals surface area contributed by atoms with Crippen LogP contribution in [0.2, 0.25) is 0 Å². The zero-order valence-corrected chi connectivity index (χ0v) is 8.71. The van der Waals surface area contributed by atoms with E-state index in [-0.39, 0.29) is 5.92 Å². The molecule has 4 heteroatoms. The Morgan fingerprint density at radius 3 is 2.69 bits per heavy atom. The Morgan fingerprint density at radius 1 is 1.62 bits per heavy atom. The highest BCUT2D eigenvalue weighted by molar-refractivity contribution is 5.69. The highest BCUT2D eigenvalue weighted by atomic mass is 16.4. The first-order valence-electron chi connectivity index (χ1n) is 4.70. The van der Waals surface area contributed by atoms with E-state index >= 15 is 0 Å². The van der Waals surface area contributed by atoms with Crippen molar-refractivity contribution in [2.24, 2.45) is 5.92 Å². The predicted octanol–water partition coefficient (Wildman–Crippen LogP) is 0.248. The van der Waals surface area contributed by atoms with Gasteiger partial charge < -0.3 is 15.3 Å². The first-order chi connectivity index (χ1) is 6.07. The zero-order chi connectivity index (χ0) is 10.3. The Morgan fingerprint density at radius 2 is 2.23 bits per heavy atom. The van der Waals surface area contributed by atoms with E-state index in [1.54, 1.807) is 6.92 Å². The Balaban J connectivity index is 3.30. The first-order valence-corrected chi connectivity index (χ1v) is 4.70. The van der Waals surface area contributed by atoms with Crippen LogP contribution in [0.4, 0.5) is 0 Å². The molecule has 13 heavy (non-hydrogen) atoms. The van der Waals surface area contributed by atoms with Crippen molar-refractivity contribution in [1.29, 1.82) is 0 Å². The van der Waals surface area contributed by atoms with Gasteiger partial charge in [0, 0.05) is 19.6 Å². The molecule has 0 heterocycles. The molecule has 0 aliphatic rings. The highest BCUT2D eigenvalue weighted by Gasteiger charge is 2.09. The third kappa shape index (κ3) is 6.54. The van der Waals surface area contributed by atoms with E-state index in [2.05, 4.69) is 17.1 Å². The van der Waals surface area contributed by atoms with Crippen LogP contribution in [0.15, 0.2) is 0 Å². The summed E-state index contributed by atoms with van der Waals surface area (Å²) < 4.78 is 0. The lowest BCUT2D eigenvalue weighted by Gasteiger charge is -2.14. The van der Waals surface area contributed by atoms with Crippen molar-refractivity contribution in [1.82, 2.24) is 10.2 Å². The minimum atomic E-state index is -0.739. The summed E-state index contributed by atoms with van der Waals surface area (Å²) in [5.74, 6) is -1.04. The smallest absolute Gasteiger partial charge is 0.307 e. The summed E-state index contributed by atoms with van der Waals surface area (Å²) in [5.41, 5.74) is 0. The molecular formula is C9H20N2O2. The summed E-state index contributed by atoms with van der Waals surface area (Å²) in [7, 11) is 2.04. The van der Waals surface area contributed by atoms with Crippen LogP contribution in [0.3, 0.4) is 0 Å². The fourth-order valence-corrected chi connectivity index (χ4v) is 0.834. The van der Waals surface area contributed by atoms with E-state index in [1.165, 1.54) is 0 Å². The molecule has 78 valence electrons.